The minimum atomic E-state index is 0.0233. The van der Waals surface area contributed by atoms with Gasteiger partial charge in [-0.15, -0.1) is 0 Å². The third kappa shape index (κ3) is 2.81. The Morgan fingerprint density at radius 1 is 0.733 bits per heavy atom. The van der Waals surface area contributed by atoms with E-state index in [9.17, 15) is 5.26 Å². The van der Waals surface area contributed by atoms with Gasteiger partial charge in [0.05, 0.1) is 23.3 Å². The van der Waals surface area contributed by atoms with Crippen molar-refractivity contribution in [3.05, 3.63) is 90.4 Å². The number of rotatable bonds is 2. The molecule has 3 aromatic carbocycles. The average molecular weight is 387 g/mol. The summed E-state index contributed by atoms with van der Waals surface area (Å²) in [5.41, 5.74) is 4.27. The van der Waals surface area contributed by atoms with Crippen LogP contribution in [0.15, 0.2) is 79.0 Å². The van der Waals surface area contributed by atoms with Crippen molar-refractivity contribution in [2.75, 3.05) is 4.90 Å². The van der Waals surface area contributed by atoms with Crippen LogP contribution < -0.4 is 9.64 Å². The third-order valence-electron chi connectivity index (χ3n) is 4.84. The Morgan fingerprint density at radius 2 is 1.33 bits per heavy atom. The molecule has 0 fully saturated rings. The van der Waals surface area contributed by atoms with Crippen LogP contribution in [0.5, 0.6) is 11.5 Å². The van der Waals surface area contributed by atoms with E-state index in [0.717, 1.165) is 34.1 Å². The SMILES string of the molecule is N#Cc1ncc(-c2ccc(N3c4ccccc4Oc4ccccc43)cc2)nc1C#N. The van der Waals surface area contributed by atoms with Crippen LogP contribution >= 0.6 is 0 Å². The number of hydrogen-bond acceptors (Lipinski definition) is 6. The lowest BCUT2D eigenvalue weighted by molar-refractivity contribution is 0.477. The van der Waals surface area contributed by atoms with Crippen molar-refractivity contribution in [1.29, 1.82) is 10.5 Å². The van der Waals surface area contributed by atoms with E-state index in [4.69, 9.17) is 10.00 Å². The van der Waals surface area contributed by atoms with Crippen LogP contribution in [0.4, 0.5) is 17.1 Å². The number of benzene rings is 3. The second kappa shape index (κ2) is 7.05. The molecule has 6 heteroatoms. The summed E-state index contributed by atoms with van der Waals surface area (Å²) in [6.45, 7) is 0. The Hall–Kier alpha value is -4.68. The van der Waals surface area contributed by atoms with Crippen LogP contribution in [0.3, 0.4) is 0 Å². The lowest BCUT2D eigenvalue weighted by atomic mass is 10.1. The van der Waals surface area contributed by atoms with E-state index >= 15 is 0 Å². The smallest absolute Gasteiger partial charge is 0.177 e. The van der Waals surface area contributed by atoms with Gasteiger partial charge in [-0.1, -0.05) is 36.4 Å². The molecule has 0 saturated heterocycles. The molecule has 0 aliphatic carbocycles. The van der Waals surface area contributed by atoms with Gasteiger partial charge in [0.1, 0.15) is 12.1 Å². The molecule has 0 spiro atoms. The van der Waals surface area contributed by atoms with E-state index in [-0.39, 0.29) is 11.4 Å². The summed E-state index contributed by atoms with van der Waals surface area (Å²) in [6.07, 6.45) is 1.51. The lowest BCUT2D eigenvalue weighted by Gasteiger charge is -2.32. The predicted molar refractivity (Wildman–Crippen MR) is 112 cm³/mol. The first-order valence-corrected chi connectivity index (χ1v) is 9.22. The molecule has 30 heavy (non-hydrogen) atoms. The van der Waals surface area contributed by atoms with E-state index in [2.05, 4.69) is 14.9 Å². The van der Waals surface area contributed by atoms with Crippen LogP contribution in [0.1, 0.15) is 11.4 Å². The summed E-state index contributed by atoms with van der Waals surface area (Å²) in [5.74, 6) is 1.58. The highest BCUT2D eigenvalue weighted by molar-refractivity contribution is 5.86. The predicted octanol–water partition coefficient (Wildman–Crippen LogP) is 5.46. The highest BCUT2D eigenvalue weighted by Crippen LogP contribution is 2.50. The molecule has 1 aliphatic rings. The Bertz CT molecular complexity index is 1300. The zero-order valence-electron chi connectivity index (χ0n) is 15.6. The maximum atomic E-state index is 9.20. The highest BCUT2D eigenvalue weighted by atomic mass is 16.5. The molecule has 1 aliphatic heterocycles. The molecule has 0 unspecified atom stereocenters. The summed E-state index contributed by atoms with van der Waals surface area (Å²) in [4.78, 5) is 10.5. The molecule has 1 aromatic heterocycles. The molecule has 0 atom stereocenters. The largest absolute Gasteiger partial charge is 0.453 e. The van der Waals surface area contributed by atoms with Gasteiger partial charge in [-0.2, -0.15) is 10.5 Å². The van der Waals surface area contributed by atoms with Crippen LogP contribution in [0.2, 0.25) is 0 Å². The standard InChI is InChI=1S/C24H13N5O/c25-13-18-19(14-26)28-20(15-27-18)16-9-11-17(12-10-16)29-21-5-1-3-7-23(21)30-24-8-4-2-6-22(24)29/h1-12,15H. The number of nitriles is 2. The van der Waals surface area contributed by atoms with Gasteiger partial charge in [0.2, 0.25) is 0 Å². The summed E-state index contributed by atoms with van der Waals surface area (Å²) >= 11 is 0. The summed E-state index contributed by atoms with van der Waals surface area (Å²) in [5, 5.41) is 18.2. The summed E-state index contributed by atoms with van der Waals surface area (Å²) < 4.78 is 6.05. The average Bonchev–Trinajstić information content (AvgIpc) is 2.82. The van der Waals surface area contributed by atoms with Gasteiger partial charge >= 0.3 is 0 Å². The lowest BCUT2D eigenvalue weighted by Crippen LogP contribution is -2.15. The van der Waals surface area contributed by atoms with Gasteiger partial charge < -0.3 is 9.64 Å². The van der Waals surface area contributed by atoms with Crippen molar-refractivity contribution in [2.24, 2.45) is 0 Å². The zero-order valence-corrected chi connectivity index (χ0v) is 15.6. The minimum Gasteiger partial charge on any atom is -0.453 e. The van der Waals surface area contributed by atoms with Crippen molar-refractivity contribution < 1.29 is 4.74 Å². The molecule has 0 amide bonds. The Labute approximate surface area is 172 Å². The molecule has 0 radical (unpaired) electrons. The molecular weight excluding hydrogens is 374 g/mol. The van der Waals surface area contributed by atoms with Gasteiger partial charge in [0.25, 0.3) is 0 Å². The molecule has 140 valence electrons. The Kier molecular flexibility index (Phi) is 4.09. The topological polar surface area (TPSA) is 85.8 Å². The zero-order chi connectivity index (χ0) is 20.5. The number of anilines is 3. The molecule has 4 aromatic rings. The Morgan fingerprint density at radius 3 is 1.93 bits per heavy atom. The van der Waals surface area contributed by atoms with Gasteiger partial charge in [-0.25, -0.2) is 9.97 Å². The first kappa shape index (κ1) is 17.4. The van der Waals surface area contributed by atoms with Crippen LogP contribution in [0, 0.1) is 22.7 Å². The first-order chi connectivity index (χ1) is 14.8. The fourth-order valence-corrected chi connectivity index (χ4v) is 3.45. The van der Waals surface area contributed by atoms with Gasteiger partial charge in [0.15, 0.2) is 22.9 Å². The van der Waals surface area contributed by atoms with Crippen LogP contribution in [-0.2, 0) is 0 Å². The van der Waals surface area contributed by atoms with Crippen molar-refractivity contribution in [3.63, 3.8) is 0 Å². The second-order valence-electron chi connectivity index (χ2n) is 6.60. The number of ether oxygens (including phenoxy) is 1. The van der Waals surface area contributed by atoms with Crippen molar-refractivity contribution in [3.8, 4) is 34.9 Å². The molecule has 5 rings (SSSR count). The van der Waals surface area contributed by atoms with E-state index < -0.39 is 0 Å². The molecular formula is C24H13N5O. The normalized spacial score (nSPS) is 11.5. The fraction of sp³-hybridized carbons (Fsp3) is 0. The number of fused-ring (bicyclic) bond motifs is 2. The van der Waals surface area contributed by atoms with E-state index in [1.54, 1.807) is 0 Å². The van der Waals surface area contributed by atoms with E-state index in [0.29, 0.717) is 5.69 Å². The van der Waals surface area contributed by atoms with Gasteiger partial charge in [-0.3, -0.25) is 0 Å². The molecule has 0 saturated carbocycles. The molecule has 0 bridgehead atoms. The fourth-order valence-electron chi connectivity index (χ4n) is 3.45. The maximum absolute atomic E-state index is 9.20. The molecule has 6 nitrogen and oxygen atoms in total. The molecule has 0 N–H and O–H groups in total. The van der Waals surface area contributed by atoms with Crippen molar-refractivity contribution >= 4 is 17.1 Å². The van der Waals surface area contributed by atoms with E-state index in [1.165, 1.54) is 6.20 Å². The number of nitrogens with zero attached hydrogens (tertiary/aromatic N) is 5. The Balaban J connectivity index is 1.58. The highest BCUT2D eigenvalue weighted by Gasteiger charge is 2.25. The minimum absolute atomic E-state index is 0.0233. The van der Waals surface area contributed by atoms with Gasteiger partial charge in [0, 0.05) is 11.3 Å². The van der Waals surface area contributed by atoms with Crippen molar-refractivity contribution in [1.82, 2.24) is 9.97 Å². The second-order valence-corrected chi connectivity index (χ2v) is 6.60. The summed E-state index contributed by atoms with van der Waals surface area (Å²) in [7, 11) is 0. The monoisotopic (exact) mass is 387 g/mol. The van der Waals surface area contributed by atoms with E-state index in [1.807, 2.05) is 84.9 Å². The number of aromatic nitrogens is 2. The quantitative estimate of drug-likeness (QED) is 0.400. The van der Waals surface area contributed by atoms with Crippen molar-refractivity contribution in [2.45, 2.75) is 0 Å². The molecule has 2 heterocycles. The summed E-state index contributed by atoms with van der Waals surface area (Å²) in [6, 6.07) is 27.4. The number of hydrogen-bond donors (Lipinski definition) is 0. The third-order valence-corrected chi connectivity index (χ3v) is 4.84. The van der Waals surface area contributed by atoms with Crippen LogP contribution in [0.25, 0.3) is 11.3 Å². The number of para-hydroxylation sites is 4. The maximum Gasteiger partial charge on any atom is 0.177 e. The van der Waals surface area contributed by atoms with Gasteiger partial charge in [-0.05, 0) is 36.4 Å². The first-order valence-electron chi connectivity index (χ1n) is 9.22. The van der Waals surface area contributed by atoms with Crippen LogP contribution in [-0.4, -0.2) is 9.97 Å².